The monoisotopic (exact) mass is 505 g/mol. The molecule has 0 saturated heterocycles. The molecule has 0 bridgehead atoms. The highest BCUT2D eigenvalue weighted by Crippen LogP contribution is 2.28. The van der Waals surface area contributed by atoms with Gasteiger partial charge in [0.25, 0.3) is 0 Å². The smallest absolute Gasteiger partial charge is 0.343 e. The fraction of sp³-hybridized carbons (Fsp3) is 0. The summed E-state index contributed by atoms with van der Waals surface area (Å²) in [6.45, 7) is 0. The van der Waals surface area contributed by atoms with Gasteiger partial charge in [0.15, 0.2) is 0 Å². The lowest BCUT2D eigenvalue weighted by Gasteiger charge is -2.10. The van der Waals surface area contributed by atoms with Crippen LogP contribution < -0.4 is 15.5 Å². The Balaban J connectivity index is 1.54. The molecule has 7 nitrogen and oxygen atoms in total. The third-order valence-corrected chi connectivity index (χ3v) is 5.45. The molecular weight excluding hydrogens is 489 g/mol. The summed E-state index contributed by atoms with van der Waals surface area (Å²) in [5.41, 5.74) is 3.18. The minimum Gasteiger partial charge on any atom is -0.422 e. The average Bonchev–Trinajstić information content (AvgIpc) is 2.87. The number of fused-ring (bicyclic) bond motifs is 1. The van der Waals surface area contributed by atoms with Crippen LogP contribution in [-0.4, -0.2) is 24.0 Å². The summed E-state index contributed by atoms with van der Waals surface area (Å²) in [4.78, 5) is 37.1. The first-order valence-electron chi connectivity index (χ1n) is 10.3. The molecule has 0 aromatic heterocycles. The normalized spacial score (nSPS) is 10.8. The number of hydrogen-bond donors (Lipinski definition) is 2. The molecule has 35 heavy (non-hydrogen) atoms. The van der Waals surface area contributed by atoms with Crippen molar-refractivity contribution in [1.82, 2.24) is 5.43 Å². The molecule has 4 aromatic rings. The summed E-state index contributed by atoms with van der Waals surface area (Å²) in [7, 11) is 0. The van der Waals surface area contributed by atoms with Gasteiger partial charge in [0, 0.05) is 10.6 Å². The molecule has 2 amide bonds. The second-order valence-corrected chi connectivity index (χ2v) is 8.08. The number of amides is 2. The molecule has 0 aliphatic heterocycles. The molecule has 9 heteroatoms. The van der Waals surface area contributed by atoms with E-state index in [0.29, 0.717) is 16.1 Å². The van der Waals surface area contributed by atoms with E-state index in [1.54, 1.807) is 48.5 Å². The predicted octanol–water partition coefficient (Wildman–Crippen LogP) is 5.45. The van der Waals surface area contributed by atoms with Gasteiger partial charge in [-0.25, -0.2) is 10.2 Å². The van der Waals surface area contributed by atoms with Crippen LogP contribution in [0.5, 0.6) is 5.75 Å². The second kappa shape index (κ2) is 10.8. The summed E-state index contributed by atoms with van der Waals surface area (Å²) >= 11 is 11.9. The lowest BCUT2D eigenvalue weighted by Crippen LogP contribution is -2.32. The van der Waals surface area contributed by atoms with Gasteiger partial charge in [0.05, 0.1) is 22.5 Å². The first kappa shape index (κ1) is 23.9. The van der Waals surface area contributed by atoms with Crippen LogP contribution in [0.3, 0.4) is 0 Å². The quantitative estimate of drug-likeness (QED) is 0.124. The van der Waals surface area contributed by atoms with Crippen LogP contribution in [0.2, 0.25) is 10.0 Å². The van der Waals surface area contributed by atoms with Crippen molar-refractivity contribution in [3.63, 3.8) is 0 Å². The molecular formula is C26H17Cl2N3O4. The number of nitrogens with one attached hydrogen (secondary N) is 2. The number of anilines is 1. The van der Waals surface area contributed by atoms with Crippen LogP contribution >= 0.6 is 23.2 Å². The van der Waals surface area contributed by atoms with Crippen LogP contribution in [0, 0.1) is 0 Å². The van der Waals surface area contributed by atoms with Gasteiger partial charge in [-0.3, -0.25) is 9.59 Å². The van der Waals surface area contributed by atoms with E-state index in [2.05, 4.69) is 15.8 Å². The van der Waals surface area contributed by atoms with Crippen molar-refractivity contribution in [2.24, 2.45) is 5.10 Å². The van der Waals surface area contributed by atoms with Crippen LogP contribution in [0.4, 0.5) is 5.69 Å². The van der Waals surface area contributed by atoms with Gasteiger partial charge in [0.2, 0.25) is 0 Å². The minimum atomic E-state index is -1.03. The van der Waals surface area contributed by atoms with Gasteiger partial charge in [0.1, 0.15) is 5.75 Å². The highest BCUT2D eigenvalue weighted by atomic mass is 35.5. The summed E-state index contributed by atoms with van der Waals surface area (Å²) in [5.74, 6) is -2.32. The summed E-state index contributed by atoms with van der Waals surface area (Å²) in [6.07, 6.45) is 1.31. The van der Waals surface area contributed by atoms with Gasteiger partial charge in [-0.15, -0.1) is 0 Å². The van der Waals surface area contributed by atoms with E-state index in [1.807, 2.05) is 24.3 Å². The molecule has 174 valence electrons. The average molecular weight is 506 g/mol. The molecule has 0 fully saturated rings. The summed E-state index contributed by atoms with van der Waals surface area (Å²) < 4.78 is 5.60. The molecule has 0 atom stereocenters. The standard InChI is InChI=1S/C26H17Cl2N3O4/c27-18-11-12-21(28)22(14-18)30-24(32)25(33)31-29-15-20-19-9-5-4-6-16(19)10-13-23(20)35-26(34)17-7-2-1-3-8-17/h1-15H,(H,30,32)(H,31,33)/b29-15-. The lowest BCUT2D eigenvalue weighted by molar-refractivity contribution is -0.136. The Labute approximate surface area is 210 Å². The topological polar surface area (TPSA) is 96.9 Å². The molecule has 0 spiro atoms. The largest absolute Gasteiger partial charge is 0.422 e. The maximum atomic E-state index is 12.6. The molecule has 0 radical (unpaired) electrons. The van der Waals surface area contributed by atoms with Crippen molar-refractivity contribution < 1.29 is 19.1 Å². The number of nitrogens with zero attached hydrogens (tertiary/aromatic N) is 1. The summed E-state index contributed by atoms with van der Waals surface area (Å²) in [5, 5.41) is 8.44. The van der Waals surface area contributed by atoms with E-state index in [0.717, 1.165) is 10.8 Å². The Morgan fingerprint density at radius 1 is 0.829 bits per heavy atom. The van der Waals surface area contributed by atoms with Crippen molar-refractivity contribution in [2.75, 3.05) is 5.32 Å². The van der Waals surface area contributed by atoms with Gasteiger partial charge >= 0.3 is 17.8 Å². The van der Waals surface area contributed by atoms with E-state index in [-0.39, 0.29) is 16.5 Å². The fourth-order valence-corrected chi connectivity index (χ4v) is 3.55. The Kier molecular flexibility index (Phi) is 7.40. The lowest BCUT2D eigenvalue weighted by atomic mass is 10.0. The van der Waals surface area contributed by atoms with Crippen molar-refractivity contribution in [3.05, 3.63) is 106 Å². The van der Waals surface area contributed by atoms with Gasteiger partial charge in [-0.2, -0.15) is 5.10 Å². The number of halogens is 2. The van der Waals surface area contributed by atoms with E-state index in [1.165, 1.54) is 18.3 Å². The first-order valence-corrected chi connectivity index (χ1v) is 11.1. The molecule has 0 heterocycles. The number of esters is 1. The molecule has 0 unspecified atom stereocenters. The zero-order chi connectivity index (χ0) is 24.8. The number of hydrogen-bond acceptors (Lipinski definition) is 5. The van der Waals surface area contributed by atoms with Crippen LogP contribution in [0.15, 0.2) is 90.0 Å². The third kappa shape index (κ3) is 5.84. The molecule has 2 N–H and O–H groups in total. The zero-order valence-electron chi connectivity index (χ0n) is 18.0. The first-order chi connectivity index (χ1) is 16.9. The van der Waals surface area contributed by atoms with Gasteiger partial charge in [-0.05, 0) is 47.2 Å². The Morgan fingerprint density at radius 3 is 2.37 bits per heavy atom. The van der Waals surface area contributed by atoms with Crippen LogP contribution in [0.25, 0.3) is 10.8 Å². The maximum absolute atomic E-state index is 12.6. The van der Waals surface area contributed by atoms with Crippen LogP contribution in [-0.2, 0) is 9.59 Å². The highest BCUT2D eigenvalue weighted by Gasteiger charge is 2.16. The van der Waals surface area contributed by atoms with E-state index >= 15 is 0 Å². The number of hydrazone groups is 1. The maximum Gasteiger partial charge on any atom is 0.343 e. The second-order valence-electron chi connectivity index (χ2n) is 7.23. The number of carbonyl (C=O) groups is 3. The van der Waals surface area contributed by atoms with Gasteiger partial charge < -0.3 is 10.1 Å². The van der Waals surface area contributed by atoms with Crippen molar-refractivity contribution in [1.29, 1.82) is 0 Å². The fourth-order valence-electron chi connectivity index (χ4n) is 3.21. The van der Waals surface area contributed by atoms with Crippen molar-refractivity contribution in [2.45, 2.75) is 0 Å². The zero-order valence-corrected chi connectivity index (χ0v) is 19.5. The van der Waals surface area contributed by atoms with E-state index in [4.69, 9.17) is 27.9 Å². The van der Waals surface area contributed by atoms with Gasteiger partial charge in [-0.1, -0.05) is 71.7 Å². The molecule has 0 aliphatic rings. The van der Waals surface area contributed by atoms with Crippen molar-refractivity contribution >= 4 is 63.7 Å². The van der Waals surface area contributed by atoms with E-state index < -0.39 is 17.8 Å². The Hall–Kier alpha value is -4.20. The third-order valence-electron chi connectivity index (χ3n) is 4.89. The van der Waals surface area contributed by atoms with Crippen molar-refractivity contribution in [3.8, 4) is 5.75 Å². The molecule has 0 saturated carbocycles. The number of rotatable bonds is 5. The SMILES string of the molecule is O=C(N/N=C\c1c(OC(=O)c2ccccc2)ccc2ccccc12)C(=O)Nc1cc(Cl)ccc1Cl. The molecule has 4 aromatic carbocycles. The minimum absolute atomic E-state index is 0.187. The summed E-state index contributed by atoms with van der Waals surface area (Å²) in [6, 6.07) is 23.9. The molecule has 4 rings (SSSR count). The van der Waals surface area contributed by atoms with E-state index in [9.17, 15) is 14.4 Å². The molecule has 0 aliphatic carbocycles. The predicted molar refractivity (Wildman–Crippen MR) is 136 cm³/mol. The number of carbonyl (C=O) groups excluding carboxylic acids is 3. The number of benzene rings is 4. The van der Waals surface area contributed by atoms with Crippen LogP contribution in [0.1, 0.15) is 15.9 Å². The number of ether oxygens (including phenoxy) is 1. The Morgan fingerprint density at radius 2 is 1.57 bits per heavy atom. The highest BCUT2D eigenvalue weighted by molar-refractivity contribution is 6.42. The Bertz CT molecular complexity index is 1460.